The van der Waals surface area contributed by atoms with Crippen molar-refractivity contribution in [1.29, 1.82) is 0 Å². The third-order valence-electron chi connectivity index (χ3n) is 7.21. The van der Waals surface area contributed by atoms with Crippen LogP contribution in [0.3, 0.4) is 0 Å². The number of pyridine rings is 1. The highest BCUT2D eigenvalue weighted by atomic mass is 32.2. The van der Waals surface area contributed by atoms with Gasteiger partial charge in [0, 0.05) is 30.8 Å². The number of ether oxygens (including phenoxy) is 1. The Bertz CT molecular complexity index is 1530. The zero-order valence-corrected chi connectivity index (χ0v) is 23.2. The van der Waals surface area contributed by atoms with E-state index in [2.05, 4.69) is 9.82 Å². The average molecular weight is 640 g/mol. The van der Waals surface area contributed by atoms with E-state index in [0.717, 1.165) is 24.4 Å². The molecule has 1 aromatic carbocycles. The summed E-state index contributed by atoms with van der Waals surface area (Å²) in [6.07, 6.45) is -8.14. The molecule has 0 bridgehead atoms. The number of anilines is 1. The number of alkyl halides is 6. The summed E-state index contributed by atoms with van der Waals surface area (Å²) in [7, 11) is -4.86. The Kier molecular flexibility index (Phi) is 7.54. The molecule has 0 radical (unpaired) electrons. The van der Waals surface area contributed by atoms with Gasteiger partial charge >= 0.3 is 24.2 Å². The average Bonchev–Trinajstić information content (AvgIpc) is 3.80. The fourth-order valence-electron chi connectivity index (χ4n) is 4.63. The van der Waals surface area contributed by atoms with Crippen LogP contribution in [-0.4, -0.2) is 60.9 Å². The van der Waals surface area contributed by atoms with E-state index in [1.54, 1.807) is 4.90 Å². The molecule has 1 aliphatic heterocycles. The molecule has 5 rings (SSSR count). The van der Waals surface area contributed by atoms with Crippen LogP contribution in [0.4, 0.5) is 36.6 Å². The number of carbonyl (C=O) groups is 2. The van der Waals surface area contributed by atoms with Gasteiger partial charge < -0.3 is 14.5 Å². The van der Waals surface area contributed by atoms with Crippen molar-refractivity contribution in [2.24, 2.45) is 5.41 Å². The van der Waals surface area contributed by atoms with E-state index in [1.165, 1.54) is 6.07 Å². The lowest BCUT2D eigenvalue weighted by Crippen LogP contribution is -2.58. The van der Waals surface area contributed by atoms with Crippen LogP contribution >= 0.6 is 0 Å². The second-order valence-corrected chi connectivity index (χ2v) is 13.2. The summed E-state index contributed by atoms with van der Waals surface area (Å²) < 4.78 is 123. The number of benzene rings is 1. The lowest BCUT2D eigenvalue weighted by molar-refractivity contribution is -0.217. The maximum atomic E-state index is 15.2. The van der Waals surface area contributed by atoms with Crippen molar-refractivity contribution in [1.82, 2.24) is 9.45 Å². The van der Waals surface area contributed by atoms with Crippen molar-refractivity contribution in [2.45, 2.75) is 56.1 Å². The number of rotatable bonds is 8. The number of aromatic nitrogens is 1. The lowest BCUT2D eigenvalue weighted by atomic mass is 9.83. The molecule has 0 atom stereocenters. The lowest BCUT2D eigenvalue weighted by Gasteiger charge is -2.48. The number of carbonyl (C=O) groups excluding carboxylic acids is 2. The molecule has 3 aliphatic rings. The fraction of sp³-hybridized carbons (Fsp3) is 0.500. The molecule has 2 aromatic rings. The van der Waals surface area contributed by atoms with Crippen molar-refractivity contribution >= 4 is 27.7 Å². The van der Waals surface area contributed by atoms with Gasteiger partial charge in [0.25, 0.3) is 10.0 Å². The summed E-state index contributed by atoms with van der Waals surface area (Å²) in [6, 6.07) is 3.98. The molecule has 0 N–H and O–H groups in total. The van der Waals surface area contributed by atoms with Crippen molar-refractivity contribution in [3.05, 3.63) is 53.0 Å². The van der Waals surface area contributed by atoms with Crippen molar-refractivity contribution in [3.63, 3.8) is 0 Å². The first-order valence-corrected chi connectivity index (χ1v) is 14.5. The largest absolute Gasteiger partial charge is 0.493 e. The fourth-order valence-corrected chi connectivity index (χ4v) is 6.13. The molecule has 1 saturated heterocycles. The smallest absolute Gasteiger partial charge is 0.492 e. The Morgan fingerprint density at radius 1 is 1.07 bits per heavy atom. The number of hydroxylamine groups is 1. The van der Waals surface area contributed by atoms with Gasteiger partial charge in [-0.25, -0.2) is 22.6 Å². The molecule has 2 heterocycles. The third-order valence-corrected chi connectivity index (χ3v) is 9.22. The predicted octanol–water partition coefficient (Wildman–Crippen LogP) is 4.98. The molecule has 2 saturated carbocycles. The minimum Gasteiger partial charge on any atom is -0.492 e. The summed E-state index contributed by atoms with van der Waals surface area (Å²) in [5.74, 6) is -5.89. The molecule has 43 heavy (non-hydrogen) atoms. The first-order valence-electron chi connectivity index (χ1n) is 13.0. The molecule has 3 fully saturated rings. The number of sulfonamides is 1. The zero-order chi connectivity index (χ0) is 31.5. The van der Waals surface area contributed by atoms with Crippen LogP contribution in [0.1, 0.15) is 60.0 Å². The molecule has 234 valence electrons. The number of halogens is 7. The highest BCUT2D eigenvalue weighted by molar-refractivity contribution is 7.90. The van der Waals surface area contributed by atoms with Crippen LogP contribution in [0.25, 0.3) is 0 Å². The van der Waals surface area contributed by atoms with E-state index in [1.807, 2.05) is 6.92 Å². The summed E-state index contributed by atoms with van der Waals surface area (Å²) in [5.41, 5.74) is -1.99. The Labute approximate surface area is 240 Å². The topological polar surface area (TPSA) is 106 Å². The van der Waals surface area contributed by atoms with Gasteiger partial charge in [-0.05, 0) is 55.4 Å². The van der Waals surface area contributed by atoms with Gasteiger partial charge in [0.1, 0.15) is 17.4 Å². The van der Waals surface area contributed by atoms with Gasteiger partial charge in [0.2, 0.25) is 0 Å². The van der Waals surface area contributed by atoms with E-state index in [9.17, 15) is 44.3 Å². The monoisotopic (exact) mass is 639 g/mol. The first kappa shape index (κ1) is 30.8. The van der Waals surface area contributed by atoms with E-state index < -0.39 is 66.3 Å². The van der Waals surface area contributed by atoms with Crippen LogP contribution in [0.5, 0.6) is 5.75 Å². The molecular weight excluding hydrogens is 615 g/mol. The van der Waals surface area contributed by atoms with Crippen molar-refractivity contribution in [2.75, 3.05) is 24.6 Å². The second-order valence-electron chi connectivity index (χ2n) is 11.2. The number of amides is 1. The molecule has 0 unspecified atom stereocenters. The summed E-state index contributed by atoms with van der Waals surface area (Å²) >= 11 is 0. The van der Waals surface area contributed by atoms with Gasteiger partial charge in [0.15, 0.2) is 0 Å². The van der Waals surface area contributed by atoms with Crippen LogP contribution in [0, 0.1) is 11.2 Å². The van der Waals surface area contributed by atoms with E-state index in [-0.39, 0.29) is 31.1 Å². The SMILES string of the molecule is CC1(COc2cc(F)c(C(=O)N(OC(=O)C(F)(F)F)S(=O)(=O)C3CC3)cc2C2CC2)CN(c2ccc(C(F)(F)F)cn2)C1. The quantitative estimate of drug-likeness (QED) is 0.295. The highest BCUT2D eigenvalue weighted by Crippen LogP contribution is 2.46. The molecule has 17 heteroatoms. The van der Waals surface area contributed by atoms with Gasteiger partial charge in [0.05, 0.1) is 23.0 Å². The van der Waals surface area contributed by atoms with E-state index in [4.69, 9.17) is 4.74 Å². The zero-order valence-electron chi connectivity index (χ0n) is 22.3. The summed E-state index contributed by atoms with van der Waals surface area (Å²) in [5, 5.41) is -1.26. The van der Waals surface area contributed by atoms with Crippen LogP contribution in [-0.2, 0) is 25.8 Å². The third kappa shape index (κ3) is 6.50. The Hall–Kier alpha value is -3.63. The summed E-state index contributed by atoms with van der Waals surface area (Å²) in [4.78, 5) is 34.0. The minimum absolute atomic E-state index is 0.0173. The maximum absolute atomic E-state index is 15.2. The standard InChI is InChI=1S/C26H24F7N3O6S/c1-24(11-35(12-24)21-7-4-15(10-34-21)25(28,29)30)13-41-20-9-19(27)18(8-17(20)14-2-3-14)22(37)36(42-23(38)26(31,32)33)43(39,40)16-5-6-16/h4,7-10,14,16H,2-3,5-6,11-13H2,1H3. The van der Waals surface area contributed by atoms with Crippen LogP contribution in [0.2, 0.25) is 0 Å². The Balaban J connectivity index is 1.32. The Morgan fingerprint density at radius 3 is 2.23 bits per heavy atom. The molecule has 0 spiro atoms. The van der Waals surface area contributed by atoms with E-state index >= 15 is 4.39 Å². The predicted molar refractivity (Wildman–Crippen MR) is 134 cm³/mol. The second kappa shape index (κ2) is 10.5. The molecule has 1 amide bonds. The van der Waals surface area contributed by atoms with Crippen molar-refractivity contribution in [3.8, 4) is 5.75 Å². The summed E-state index contributed by atoms with van der Waals surface area (Å²) in [6.45, 7) is 2.56. The van der Waals surface area contributed by atoms with E-state index in [0.29, 0.717) is 37.3 Å². The highest BCUT2D eigenvalue weighted by Gasteiger charge is 2.50. The number of hydrogen-bond donors (Lipinski definition) is 0. The molecule has 1 aromatic heterocycles. The first-order chi connectivity index (χ1) is 19.9. The molecular formula is C26H24F7N3O6S. The van der Waals surface area contributed by atoms with Crippen molar-refractivity contribution < 1.29 is 58.3 Å². The van der Waals surface area contributed by atoms with Gasteiger partial charge in [-0.1, -0.05) is 11.4 Å². The van der Waals surface area contributed by atoms with Crippen LogP contribution in [0.15, 0.2) is 30.5 Å². The Morgan fingerprint density at radius 2 is 1.72 bits per heavy atom. The van der Waals surface area contributed by atoms with Gasteiger partial charge in [-0.15, -0.1) is 0 Å². The normalized spacial score (nSPS) is 18.6. The number of hydrogen-bond acceptors (Lipinski definition) is 8. The maximum Gasteiger partial charge on any atom is 0.493 e. The van der Waals surface area contributed by atoms with Gasteiger partial charge in [-0.3, -0.25) is 4.79 Å². The van der Waals surface area contributed by atoms with Crippen LogP contribution < -0.4 is 9.64 Å². The molecule has 9 nitrogen and oxygen atoms in total. The van der Waals surface area contributed by atoms with Gasteiger partial charge in [-0.2, -0.15) is 26.3 Å². The molecule has 2 aliphatic carbocycles. The minimum atomic E-state index is -5.62. The number of nitrogens with zero attached hydrogens (tertiary/aromatic N) is 3.